The number of halogens is 1. The molecule has 0 atom stereocenters. The SMILES string of the molecule is CC(C)C(=O)c1ccc(C(=O)c2ccc(Br)cc2)cc1. The normalized spacial score (nSPS) is 10.6. The first-order valence-corrected chi connectivity index (χ1v) is 7.23. The Balaban J connectivity index is 2.24. The molecule has 0 bridgehead atoms. The maximum absolute atomic E-state index is 12.3. The third kappa shape index (κ3) is 3.23. The van der Waals surface area contributed by atoms with Crippen LogP contribution in [0.4, 0.5) is 0 Å². The number of Topliss-reactive ketones (excluding diaryl/α,β-unsaturated/α-hetero) is 1. The predicted octanol–water partition coefficient (Wildman–Crippen LogP) is 4.52. The zero-order valence-corrected chi connectivity index (χ0v) is 13.0. The van der Waals surface area contributed by atoms with Gasteiger partial charge in [0.15, 0.2) is 11.6 Å². The Kier molecular flexibility index (Phi) is 4.50. The number of hydrogen-bond acceptors (Lipinski definition) is 2. The van der Waals surface area contributed by atoms with Gasteiger partial charge in [-0.15, -0.1) is 0 Å². The number of benzene rings is 2. The lowest BCUT2D eigenvalue weighted by Gasteiger charge is -2.06. The molecule has 102 valence electrons. The molecule has 0 amide bonds. The van der Waals surface area contributed by atoms with Crippen LogP contribution in [-0.4, -0.2) is 11.6 Å². The molecule has 0 heterocycles. The van der Waals surface area contributed by atoms with Gasteiger partial charge in [-0.1, -0.05) is 54.0 Å². The first-order chi connectivity index (χ1) is 9.49. The monoisotopic (exact) mass is 330 g/mol. The van der Waals surface area contributed by atoms with Gasteiger partial charge in [0.05, 0.1) is 0 Å². The van der Waals surface area contributed by atoms with Crippen LogP contribution in [-0.2, 0) is 0 Å². The summed E-state index contributed by atoms with van der Waals surface area (Å²) in [5.74, 6) is 0.0108. The summed E-state index contributed by atoms with van der Waals surface area (Å²) in [6.07, 6.45) is 0. The molecule has 0 saturated carbocycles. The highest BCUT2D eigenvalue weighted by atomic mass is 79.9. The van der Waals surface area contributed by atoms with Gasteiger partial charge in [0.25, 0.3) is 0 Å². The van der Waals surface area contributed by atoms with Gasteiger partial charge in [-0.05, 0) is 24.3 Å². The lowest BCUT2D eigenvalue weighted by Crippen LogP contribution is -2.08. The van der Waals surface area contributed by atoms with Crippen molar-refractivity contribution in [1.82, 2.24) is 0 Å². The zero-order chi connectivity index (χ0) is 14.7. The molecule has 20 heavy (non-hydrogen) atoms. The van der Waals surface area contributed by atoms with Crippen LogP contribution in [0.25, 0.3) is 0 Å². The summed E-state index contributed by atoms with van der Waals surface area (Å²) in [4.78, 5) is 24.1. The van der Waals surface area contributed by atoms with E-state index in [1.54, 1.807) is 36.4 Å². The lowest BCUT2D eigenvalue weighted by molar-refractivity contribution is 0.0938. The maximum Gasteiger partial charge on any atom is 0.193 e. The summed E-state index contributed by atoms with van der Waals surface area (Å²) in [5, 5.41) is 0. The molecule has 0 N–H and O–H groups in total. The summed E-state index contributed by atoms with van der Waals surface area (Å²) >= 11 is 3.34. The van der Waals surface area contributed by atoms with Crippen LogP contribution in [0.15, 0.2) is 53.0 Å². The molecule has 2 aromatic rings. The fourth-order valence-electron chi connectivity index (χ4n) is 1.89. The van der Waals surface area contributed by atoms with Crippen molar-refractivity contribution in [3.8, 4) is 0 Å². The minimum Gasteiger partial charge on any atom is -0.294 e. The first-order valence-electron chi connectivity index (χ1n) is 6.43. The van der Waals surface area contributed by atoms with E-state index in [2.05, 4.69) is 15.9 Å². The van der Waals surface area contributed by atoms with E-state index >= 15 is 0 Å². The van der Waals surface area contributed by atoms with Gasteiger partial charge >= 0.3 is 0 Å². The second-order valence-electron chi connectivity index (χ2n) is 4.93. The van der Waals surface area contributed by atoms with E-state index < -0.39 is 0 Å². The van der Waals surface area contributed by atoms with Gasteiger partial charge in [-0.3, -0.25) is 9.59 Å². The fourth-order valence-corrected chi connectivity index (χ4v) is 2.15. The number of carbonyl (C=O) groups excluding carboxylic acids is 2. The Hall–Kier alpha value is -1.74. The standard InChI is InChI=1S/C17H15BrO2/c1-11(2)16(19)12-3-5-13(6-4-12)17(20)14-7-9-15(18)10-8-14/h3-11H,1-2H3. The van der Waals surface area contributed by atoms with Gasteiger partial charge < -0.3 is 0 Å². The molecule has 3 heteroatoms. The number of carbonyl (C=O) groups is 2. The molecule has 0 aliphatic carbocycles. The van der Waals surface area contributed by atoms with E-state index in [0.717, 1.165) is 4.47 Å². The molecule has 2 nitrogen and oxygen atoms in total. The van der Waals surface area contributed by atoms with E-state index in [1.165, 1.54) is 0 Å². The summed E-state index contributed by atoms with van der Waals surface area (Å²) in [5.41, 5.74) is 1.87. The highest BCUT2D eigenvalue weighted by Crippen LogP contribution is 2.16. The fraction of sp³-hybridized carbons (Fsp3) is 0.176. The molecule has 0 saturated heterocycles. The van der Waals surface area contributed by atoms with Crippen molar-refractivity contribution in [2.45, 2.75) is 13.8 Å². The highest BCUT2D eigenvalue weighted by molar-refractivity contribution is 9.10. The van der Waals surface area contributed by atoms with E-state index in [-0.39, 0.29) is 17.5 Å². The summed E-state index contributed by atoms with van der Waals surface area (Å²) < 4.78 is 0.937. The third-order valence-electron chi connectivity index (χ3n) is 3.06. The molecular formula is C17H15BrO2. The molecule has 2 aromatic carbocycles. The first kappa shape index (κ1) is 14.7. The van der Waals surface area contributed by atoms with Crippen molar-refractivity contribution in [2.24, 2.45) is 5.92 Å². The van der Waals surface area contributed by atoms with Crippen LogP contribution < -0.4 is 0 Å². The molecular weight excluding hydrogens is 316 g/mol. The Labute approximate surface area is 127 Å². The van der Waals surface area contributed by atoms with E-state index in [9.17, 15) is 9.59 Å². The smallest absolute Gasteiger partial charge is 0.193 e. The third-order valence-corrected chi connectivity index (χ3v) is 3.59. The Morgan fingerprint density at radius 3 is 1.65 bits per heavy atom. The van der Waals surface area contributed by atoms with E-state index in [1.807, 2.05) is 26.0 Å². The van der Waals surface area contributed by atoms with Crippen molar-refractivity contribution in [3.63, 3.8) is 0 Å². The molecule has 0 aliphatic heterocycles. The Morgan fingerprint density at radius 2 is 1.20 bits per heavy atom. The second kappa shape index (κ2) is 6.14. The number of rotatable bonds is 4. The van der Waals surface area contributed by atoms with Gasteiger partial charge in [-0.2, -0.15) is 0 Å². The molecule has 0 aromatic heterocycles. The van der Waals surface area contributed by atoms with Crippen molar-refractivity contribution in [1.29, 1.82) is 0 Å². The van der Waals surface area contributed by atoms with Gasteiger partial charge in [0.1, 0.15) is 0 Å². The van der Waals surface area contributed by atoms with Gasteiger partial charge in [0.2, 0.25) is 0 Å². The second-order valence-corrected chi connectivity index (χ2v) is 5.85. The van der Waals surface area contributed by atoms with E-state index in [0.29, 0.717) is 16.7 Å². The Morgan fingerprint density at radius 1 is 0.800 bits per heavy atom. The average Bonchev–Trinajstić information content (AvgIpc) is 2.46. The predicted molar refractivity (Wildman–Crippen MR) is 83.2 cm³/mol. The summed E-state index contributed by atoms with van der Waals surface area (Å²) in [7, 11) is 0. The average molecular weight is 331 g/mol. The van der Waals surface area contributed by atoms with Crippen molar-refractivity contribution in [2.75, 3.05) is 0 Å². The summed E-state index contributed by atoms with van der Waals surface area (Å²) in [6, 6.07) is 14.1. The topological polar surface area (TPSA) is 34.1 Å². The lowest BCUT2D eigenvalue weighted by atomic mass is 9.97. The quantitative estimate of drug-likeness (QED) is 0.772. The van der Waals surface area contributed by atoms with Crippen LogP contribution in [0, 0.1) is 5.92 Å². The van der Waals surface area contributed by atoms with E-state index in [4.69, 9.17) is 0 Å². The molecule has 0 radical (unpaired) electrons. The molecule has 0 spiro atoms. The minimum absolute atomic E-state index is 0.0389. The van der Waals surface area contributed by atoms with Crippen molar-refractivity contribution < 1.29 is 9.59 Å². The van der Waals surface area contributed by atoms with Crippen LogP contribution >= 0.6 is 15.9 Å². The Bertz CT molecular complexity index is 625. The molecule has 0 unspecified atom stereocenters. The van der Waals surface area contributed by atoms with Crippen LogP contribution in [0.5, 0.6) is 0 Å². The summed E-state index contributed by atoms with van der Waals surface area (Å²) in [6.45, 7) is 3.73. The van der Waals surface area contributed by atoms with Crippen LogP contribution in [0.3, 0.4) is 0 Å². The molecule has 0 aliphatic rings. The molecule has 0 fully saturated rings. The number of ketones is 2. The van der Waals surface area contributed by atoms with Gasteiger partial charge in [-0.25, -0.2) is 0 Å². The highest BCUT2D eigenvalue weighted by Gasteiger charge is 2.12. The zero-order valence-electron chi connectivity index (χ0n) is 11.4. The van der Waals surface area contributed by atoms with Gasteiger partial charge in [0, 0.05) is 27.1 Å². The maximum atomic E-state index is 12.3. The minimum atomic E-state index is -0.0407. The van der Waals surface area contributed by atoms with Crippen LogP contribution in [0.1, 0.15) is 40.1 Å². The number of hydrogen-bond donors (Lipinski definition) is 0. The largest absolute Gasteiger partial charge is 0.294 e. The van der Waals surface area contributed by atoms with Crippen molar-refractivity contribution in [3.05, 3.63) is 69.7 Å². The van der Waals surface area contributed by atoms with Crippen LogP contribution in [0.2, 0.25) is 0 Å². The van der Waals surface area contributed by atoms with Crippen molar-refractivity contribution >= 4 is 27.5 Å². The molecule has 2 rings (SSSR count).